The van der Waals surface area contributed by atoms with E-state index in [0.29, 0.717) is 6.04 Å². The first kappa shape index (κ1) is 15.3. The van der Waals surface area contributed by atoms with Crippen LogP contribution in [-0.4, -0.2) is 18.6 Å². The standard InChI is InChI=1S/C17H28N2O/c1-3-10-20-16-11-15(12-19-13-16)17(18-2)9-8-14-6-4-5-7-14/h11-14,17-18H,3-10H2,1-2H3. The maximum Gasteiger partial charge on any atom is 0.137 e. The van der Waals surface area contributed by atoms with Crippen molar-refractivity contribution < 1.29 is 4.74 Å². The Balaban J connectivity index is 1.91. The molecule has 0 bridgehead atoms. The fraction of sp³-hybridized carbons (Fsp3) is 0.706. The summed E-state index contributed by atoms with van der Waals surface area (Å²) < 4.78 is 5.68. The van der Waals surface area contributed by atoms with Gasteiger partial charge in [0.15, 0.2) is 0 Å². The first-order valence-corrected chi connectivity index (χ1v) is 8.08. The number of pyridine rings is 1. The monoisotopic (exact) mass is 276 g/mol. The third-order valence-corrected chi connectivity index (χ3v) is 4.30. The van der Waals surface area contributed by atoms with Gasteiger partial charge < -0.3 is 10.1 Å². The van der Waals surface area contributed by atoms with Gasteiger partial charge in [-0.15, -0.1) is 0 Å². The predicted octanol–water partition coefficient (Wildman–Crippen LogP) is 4.10. The van der Waals surface area contributed by atoms with Crippen LogP contribution < -0.4 is 10.1 Å². The van der Waals surface area contributed by atoms with E-state index in [1.54, 1.807) is 0 Å². The molecule has 0 saturated heterocycles. The Labute approximate surface area is 123 Å². The fourth-order valence-corrected chi connectivity index (χ4v) is 3.10. The highest BCUT2D eigenvalue weighted by atomic mass is 16.5. The van der Waals surface area contributed by atoms with Crippen molar-refractivity contribution in [3.63, 3.8) is 0 Å². The van der Waals surface area contributed by atoms with Crippen molar-refractivity contribution in [1.29, 1.82) is 0 Å². The lowest BCUT2D eigenvalue weighted by Gasteiger charge is -2.19. The number of nitrogens with one attached hydrogen (secondary N) is 1. The molecule has 1 aromatic rings. The van der Waals surface area contributed by atoms with Crippen LogP contribution in [0.5, 0.6) is 5.75 Å². The molecule has 0 amide bonds. The summed E-state index contributed by atoms with van der Waals surface area (Å²) >= 11 is 0. The molecule has 1 unspecified atom stereocenters. The van der Waals surface area contributed by atoms with E-state index in [0.717, 1.165) is 24.7 Å². The molecule has 112 valence electrons. The normalized spacial score (nSPS) is 17.3. The Hall–Kier alpha value is -1.09. The minimum Gasteiger partial charge on any atom is -0.492 e. The van der Waals surface area contributed by atoms with Gasteiger partial charge in [-0.3, -0.25) is 4.98 Å². The van der Waals surface area contributed by atoms with Gasteiger partial charge in [-0.05, 0) is 43.9 Å². The Morgan fingerprint density at radius 3 is 2.85 bits per heavy atom. The molecule has 3 nitrogen and oxygen atoms in total. The summed E-state index contributed by atoms with van der Waals surface area (Å²) in [6.45, 7) is 2.88. The largest absolute Gasteiger partial charge is 0.492 e. The van der Waals surface area contributed by atoms with Crippen molar-refractivity contribution in [2.24, 2.45) is 5.92 Å². The first-order valence-electron chi connectivity index (χ1n) is 8.08. The molecule has 3 heteroatoms. The number of nitrogens with zero attached hydrogens (tertiary/aromatic N) is 1. The summed E-state index contributed by atoms with van der Waals surface area (Å²) in [5, 5.41) is 3.43. The molecule has 0 radical (unpaired) electrons. The minimum absolute atomic E-state index is 0.397. The van der Waals surface area contributed by atoms with Gasteiger partial charge >= 0.3 is 0 Å². The molecule has 0 spiro atoms. The summed E-state index contributed by atoms with van der Waals surface area (Å²) in [6, 6.07) is 2.53. The highest BCUT2D eigenvalue weighted by molar-refractivity contribution is 5.26. The van der Waals surface area contributed by atoms with Crippen LogP contribution in [0.3, 0.4) is 0 Å². The van der Waals surface area contributed by atoms with Gasteiger partial charge in [0.2, 0.25) is 0 Å². The van der Waals surface area contributed by atoms with Crippen molar-refractivity contribution in [3.8, 4) is 5.75 Å². The van der Waals surface area contributed by atoms with E-state index >= 15 is 0 Å². The molecule has 1 heterocycles. The lowest BCUT2D eigenvalue weighted by Crippen LogP contribution is -2.17. The van der Waals surface area contributed by atoms with Gasteiger partial charge in [-0.1, -0.05) is 32.6 Å². The summed E-state index contributed by atoms with van der Waals surface area (Å²) in [5.74, 6) is 1.84. The Morgan fingerprint density at radius 1 is 1.35 bits per heavy atom. The Kier molecular flexibility index (Phi) is 6.31. The van der Waals surface area contributed by atoms with Gasteiger partial charge in [-0.25, -0.2) is 0 Å². The zero-order chi connectivity index (χ0) is 14.2. The van der Waals surface area contributed by atoms with Crippen LogP contribution in [0.4, 0.5) is 0 Å². The molecule has 1 aromatic heterocycles. The third-order valence-electron chi connectivity index (χ3n) is 4.30. The molecule has 1 fully saturated rings. The van der Waals surface area contributed by atoms with E-state index in [4.69, 9.17) is 4.74 Å². The molecule has 1 saturated carbocycles. The van der Waals surface area contributed by atoms with E-state index in [-0.39, 0.29) is 0 Å². The van der Waals surface area contributed by atoms with Crippen LogP contribution in [0, 0.1) is 5.92 Å². The highest BCUT2D eigenvalue weighted by Crippen LogP contribution is 2.31. The summed E-state index contributed by atoms with van der Waals surface area (Å²) in [7, 11) is 2.04. The van der Waals surface area contributed by atoms with Crippen molar-refractivity contribution in [2.75, 3.05) is 13.7 Å². The SMILES string of the molecule is CCCOc1cncc(C(CCC2CCCC2)NC)c1. The average Bonchev–Trinajstić information content (AvgIpc) is 2.99. The first-order chi connectivity index (χ1) is 9.83. The number of ether oxygens (including phenoxy) is 1. The number of hydrogen-bond acceptors (Lipinski definition) is 3. The van der Waals surface area contributed by atoms with Gasteiger partial charge in [0.05, 0.1) is 12.8 Å². The van der Waals surface area contributed by atoms with Gasteiger partial charge in [0.1, 0.15) is 5.75 Å². The minimum atomic E-state index is 0.397. The molecule has 1 atom stereocenters. The maximum absolute atomic E-state index is 5.68. The molecule has 1 N–H and O–H groups in total. The van der Waals surface area contributed by atoms with Crippen LogP contribution in [0.2, 0.25) is 0 Å². The van der Waals surface area contributed by atoms with E-state index in [2.05, 4.69) is 23.3 Å². The summed E-state index contributed by atoms with van der Waals surface area (Å²) in [4.78, 5) is 4.32. The number of aromatic nitrogens is 1. The molecule has 0 aliphatic heterocycles. The van der Waals surface area contributed by atoms with E-state index in [9.17, 15) is 0 Å². The zero-order valence-electron chi connectivity index (χ0n) is 12.9. The summed E-state index contributed by atoms with van der Waals surface area (Å²) in [5.41, 5.74) is 1.25. The van der Waals surface area contributed by atoms with Crippen molar-refractivity contribution in [1.82, 2.24) is 10.3 Å². The van der Waals surface area contributed by atoms with Gasteiger partial charge in [-0.2, -0.15) is 0 Å². The highest BCUT2D eigenvalue weighted by Gasteiger charge is 2.18. The molecule has 20 heavy (non-hydrogen) atoms. The smallest absolute Gasteiger partial charge is 0.137 e. The second-order valence-electron chi connectivity index (χ2n) is 5.87. The molecule has 2 rings (SSSR count). The average molecular weight is 276 g/mol. The zero-order valence-corrected chi connectivity index (χ0v) is 12.9. The molecule has 1 aliphatic carbocycles. The summed E-state index contributed by atoms with van der Waals surface area (Å²) in [6.07, 6.45) is 13.0. The quantitative estimate of drug-likeness (QED) is 0.776. The second kappa shape index (κ2) is 8.25. The second-order valence-corrected chi connectivity index (χ2v) is 5.87. The van der Waals surface area contributed by atoms with Crippen molar-refractivity contribution >= 4 is 0 Å². The van der Waals surface area contributed by atoms with E-state index in [1.807, 2.05) is 19.4 Å². The van der Waals surface area contributed by atoms with Gasteiger partial charge in [0, 0.05) is 12.2 Å². The van der Waals surface area contributed by atoms with Crippen LogP contribution >= 0.6 is 0 Å². The predicted molar refractivity (Wildman–Crippen MR) is 83.0 cm³/mol. The molecule has 0 aromatic carbocycles. The van der Waals surface area contributed by atoms with Gasteiger partial charge in [0.25, 0.3) is 0 Å². The lowest BCUT2D eigenvalue weighted by atomic mass is 9.95. The number of hydrogen-bond donors (Lipinski definition) is 1. The maximum atomic E-state index is 5.68. The van der Waals surface area contributed by atoms with E-state index in [1.165, 1.54) is 44.1 Å². The molecule has 1 aliphatic rings. The fourth-order valence-electron chi connectivity index (χ4n) is 3.10. The van der Waals surface area contributed by atoms with Crippen LogP contribution in [0.25, 0.3) is 0 Å². The van der Waals surface area contributed by atoms with E-state index < -0.39 is 0 Å². The molecular formula is C17H28N2O. The Morgan fingerprint density at radius 2 is 2.15 bits per heavy atom. The van der Waals surface area contributed by atoms with Crippen LogP contribution in [0.15, 0.2) is 18.5 Å². The Bertz CT molecular complexity index is 388. The number of rotatable bonds is 8. The van der Waals surface area contributed by atoms with Crippen LogP contribution in [0.1, 0.15) is 63.5 Å². The molecular weight excluding hydrogens is 248 g/mol. The van der Waals surface area contributed by atoms with Crippen molar-refractivity contribution in [3.05, 3.63) is 24.0 Å². The van der Waals surface area contributed by atoms with Crippen LogP contribution in [-0.2, 0) is 0 Å². The lowest BCUT2D eigenvalue weighted by molar-refractivity contribution is 0.315. The van der Waals surface area contributed by atoms with Crippen molar-refractivity contribution in [2.45, 2.75) is 57.9 Å². The third kappa shape index (κ3) is 4.48. The topological polar surface area (TPSA) is 34.1 Å².